The first-order valence-electron chi connectivity index (χ1n) is 7.32. The number of carbonyl (C=O) groups excluding carboxylic acids is 1. The maximum Gasteiger partial charge on any atom is 0.357 e. The number of hydrogen-bond acceptors (Lipinski definition) is 6. The average molecular weight is 314 g/mol. The van der Waals surface area contributed by atoms with E-state index in [1.165, 1.54) is 6.07 Å². The van der Waals surface area contributed by atoms with Crippen molar-refractivity contribution < 1.29 is 13.9 Å². The Hall–Kier alpha value is -2.89. The molecule has 0 spiro atoms. The van der Waals surface area contributed by atoms with Crippen molar-refractivity contribution in [3.63, 3.8) is 0 Å². The fourth-order valence-electron chi connectivity index (χ4n) is 2.14. The molecule has 6 nitrogen and oxygen atoms in total. The summed E-state index contributed by atoms with van der Waals surface area (Å²) < 4.78 is 10.1. The Labute approximate surface area is 133 Å². The van der Waals surface area contributed by atoms with E-state index >= 15 is 0 Å². The molecule has 2 aromatic rings. The lowest BCUT2D eigenvalue weighted by Crippen LogP contribution is -2.22. The van der Waals surface area contributed by atoms with Gasteiger partial charge in [-0.05, 0) is 31.0 Å². The third-order valence-electron chi connectivity index (χ3n) is 3.19. The number of esters is 1. The predicted molar refractivity (Wildman–Crippen MR) is 87.5 cm³/mol. The van der Waals surface area contributed by atoms with Crippen LogP contribution in [0.15, 0.2) is 45.6 Å². The smallest absolute Gasteiger partial charge is 0.357 e. The lowest BCUT2D eigenvalue weighted by Gasteiger charge is -2.13. The van der Waals surface area contributed by atoms with Crippen molar-refractivity contribution in [2.75, 3.05) is 11.9 Å². The highest BCUT2D eigenvalue weighted by atomic mass is 16.5. The SMILES string of the molecule is CCOC(=O)C(=N)c1c(CC)cc(=O)oc1Nc1ccccc1. The Morgan fingerprint density at radius 2 is 1.96 bits per heavy atom. The summed E-state index contributed by atoms with van der Waals surface area (Å²) in [6.07, 6.45) is 0.478. The van der Waals surface area contributed by atoms with Crippen LogP contribution >= 0.6 is 0 Å². The fourth-order valence-corrected chi connectivity index (χ4v) is 2.14. The molecule has 1 heterocycles. The third kappa shape index (κ3) is 3.85. The lowest BCUT2D eigenvalue weighted by molar-refractivity contribution is -0.135. The Morgan fingerprint density at radius 1 is 1.26 bits per heavy atom. The molecule has 0 fully saturated rings. The van der Waals surface area contributed by atoms with Crippen molar-refractivity contribution in [3.05, 3.63) is 57.9 Å². The number of benzene rings is 1. The molecule has 0 aliphatic carbocycles. The third-order valence-corrected chi connectivity index (χ3v) is 3.19. The summed E-state index contributed by atoms with van der Waals surface area (Å²) in [5.74, 6) is -0.689. The van der Waals surface area contributed by atoms with Crippen LogP contribution < -0.4 is 10.9 Å². The molecule has 6 heteroatoms. The van der Waals surface area contributed by atoms with Crippen molar-refractivity contribution in [2.24, 2.45) is 0 Å². The van der Waals surface area contributed by atoms with Gasteiger partial charge in [-0.3, -0.25) is 5.41 Å². The van der Waals surface area contributed by atoms with E-state index < -0.39 is 11.6 Å². The normalized spacial score (nSPS) is 10.2. The molecule has 1 aromatic carbocycles. The molecular weight excluding hydrogens is 296 g/mol. The second-order valence-electron chi connectivity index (χ2n) is 4.73. The molecule has 0 saturated heterocycles. The number of hydrogen-bond donors (Lipinski definition) is 2. The van der Waals surface area contributed by atoms with Crippen molar-refractivity contribution in [1.29, 1.82) is 5.41 Å². The van der Waals surface area contributed by atoms with E-state index in [-0.39, 0.29) is 23.8 Å². The van der Waals surface area contributed by atoms with Crippen LogP contribution in [0.25, 0.3) is 0 Å². The topological polar surface area (TPSA) is 92.4 Å². The molecule has 0 saturated carbocycles. The van der Waals surface area contributed by atoms with E-state index in [1.54, 1.807) is 19.1 Å². The summed E-state index contributed by atoms with van der Waals surface area (Å²) >= 11 is 0. The van der Waals surface area contributed by atoms with Gasteiger partial charge in [0.05, 0.1) is 12.2 Å². The van der Waals surface area contributed by atoms with Crippen molar-refractivity contribution in [1.82, 2.24) is 0 Å². The van der Waals surface area contributed by atoms with Crippen LogP contribution in [0, 0.1) is 5.41 Å². The van der Waals surface area contributed by atoms with E-state index in [0.29, 0.717) is 17.7 Å². The minimum atomic E-state index is -0.757. The van der Waals surface area contributed by atoms with Gasteiger partial charge in [-0.15, -0.1) is 0 Å². The zero-order valence-corrected chi connectivity index (χ0v) is 13.0. The molecule has 2 N–H and O–H groups in total. The van der Waals surface area contributed by atoms with Gasteiger partial charge in [-0.1, -0.05) is 25.1 Å². The van der Waals surface area contributed by atoms with Crippen LogP contribution in [-0.4, -0.2) is 18.3 Å². The molecule has 0 aliphatic rings. The van der Waals surface area contributed by atoms with Gasteiger partial charge in [-0.2, -0.15) is 0 Å². The molecule has 0 atom stereocenters. The molecule has 0 amide bonds. The molecule has 0 radical (unpaired) electrons. The number of rotatable bonds is 6. The Morgan fingerprint density at radius 3 is 2.57 bits per heavy atom. The summed E-state index contributed by atoms with van der Waals surface area (Å²) in [6.45, 7) is 3.67. The van der Waals surface area contributed by atoms with Crippen LogP contribution in [0.4, 0.5) is 11.6 Å². The highest BCUT2D eigenvalue weighted by molar-refractivity contribution is 6.43. The van der Waals surface area contributed by atoms with Crippen LogP contribution in [0.2, 0.25) is 0 Å². The second-order valence-corrected chi connectivity index (χ2v) is 4.73. The number of ether oxygens (including phenoxy) is 1. The zero-order valence-electron chi connectivity index (χ0n) is 13.0. The van der Waals surface area contributed by atoms with Gasteiger partial charge in [0.15, 0.2) is 5.71 Å². The molecule has 1 aromatic heterocycles. The van der Waals surface area contributed by atoms with Gasteiger partial charge >= 0.3 is 11.6 Å². The van der Waals surface area contributed by atoms with Crippen LogP contribution in [0.1, 0.15) is 25.0 Å². The van der Waals surface area contributed by atoms with Crippen LogP contribution in [0.5, 0.6) is 0 Å². The second kappa shape index (κ2) is 7.40. The summed E-state index contributed by atoms with van der Waals surface area (Å²) in [5.41, 5.74) is 0.598. The van der Waals surface area contributed by atoms with E-state index in [2.05, 4.69) is 5.32 Å². The molecule has 120 valence electrons. The first-order chi connectivity index (χ1) is 11.1. The summed E-state index contributed by atoms with van der Waals surface area (Å²) in [6, 6.07) is 10.4. The van der Waals surface area contributed by atoms with Gasteiger partial charge in [-0.25, -0.2) is 9.59 Å². The minimum absolute atomic E-state index is 0.0682. The fraction of sp³-hybridized carbons (Fsp3) is 0.235. The standard InChI is InChI=1S/C17H18N2O4/c1-3-11-10-13(20)23-16(19-12-8-6-5-7-9-12)14(11)15(18)17(21)22-4-2/h5-10,18-19H,3-4H2,1-2H3. The number of anilines is 2. The van der Waals surface area contributed by atoms with Gasteiger partial charge in [0.25, 0.3) is 0 Å². The molecular formula is C17H18N2O4. The monoisotopic (exact) mass is 314 g/mol. The number of carbonyl (C=O) groups is 1. The first-order valence-corrected chi connectivity index (χ1v) is 7.32. The van der Waals surface area contributed by atoms with Gasteiger partial charge < -0.3 is 14.5 Å². The Balaban J connectivity index is 2.51. The van der Waals surface area contributed by atoms with E-state index in [1.807, 2.05) is 25.1 Å². The quantitative estimate of drug-likeness (QED) is 0.632. The maximum atomic E-state index is 11.9. The number of aryl methyl sites for hydroxylation is 1. The molecule has 23 heavy (non-hydrogen) atoms. The van der Waals surface area contributed by atoms with Crippen molar-refractivity contribution in [3.8, 4) is 0 Å². The van der Waals surface area contributed by atoms with Gasteiger partial charge in [0.1, 0.15) is 0 Å². The van der Waals surface area contributed by atoms with Gasteiger partial charge in [0.2, 0.25) is 5.88 Å². The zero-order chi connectivity index (χ0) is 16.8. The van der Waals surface area contributed by atoms with Crippen LogP contribution in [0.3, 0.4) is 0 Å². The average Bonchev–Trinajstić information content (AvgIpc) is 2.55. The highest BCUT2D eigenvalue weighted by Crippen LogP contribution is 2.24. The number of nitrogens with one attached hydrogen (secondary N) is 2. The van der Waals surface area contributed by atoms with E-state index in [0.717, 1.165) is 0 Å². The van der Waals surface area contributed by atoms with Crippen molar-refractivity contribution >= 4 is 23.3 Å². The minimum Gasteiger partial charge on any atom is -0.461 e. The molecule has 0 unspecified atom stereocenters. The van der Waals surface area contributed by atoms with Crippen LogP contribution in [-0.2, 0) is 16.0 Å². The Bertz CT molecular complexity index is 766. The summed E-state index contributed by atoms with van der Waals surface area (Å²) in [5, 5.41) is 11.0. The van der Waals surface area contributed by atoms with E-state index in [4.69, 9.17) is 14.6 Å². The largest absolute Gasteiger partial charge is 0.461 e. The van der Waals surface area contributed by atoms with Crippen molar-refractivity contribution in [2.45, 2.75) is 20.3 Å². The van der Waals surface area contributed by atoms with E-state index in [9.17, 15) is 9.59 Å². The predicted octanol–water partition coefficient (Wildman–Crippen LogP) is 2.88. The summed E-state index contributed by atoms with van der Waals surface area (Å²) in [7, 11) is 0. The highest BCUT2D eigenvalue weighted by Gasteiger charge is 2.23. The Kier molecular flexibility index (Phi) is 5.30. The maximum absolute atomic E-state index is 11.9. The lowest BCUT2D eigenvalue weighted by atomic mass is 10.0. The van der Waals surface area contributed by atoms with Gasteiger partial charge in [0, 0.05) is 11.8 Å². The first kappa shape index (κ1) is 16.5. The summed E-state index contributed by atoms with van der Waals surface area (Å²) in [4.78, 5) is 23.6. The molecule has 0 bridgehead atoms. The number of para-hydroxylation sites is 1. The molecule has 2 rings (SSSR count). The molecule has 0 aliphatic heterocycles.